The van der Waals surface area contributed by atoms with Crippen molar-refractivity contribution in [1.29, 1.82) is 0 Å². The average molecular weight is 347 g/mol. The lowest BCUT2D eigenvalue weighted by Gasteiger charge is -2.29. The number of aryl methyl sites for hydroxylation is 1. The Balaban J connectivity index is 2.09. The van der Waals surface area contributed by atoms with Crippen LogP contribution in [0.4, 0.5) is 9.18 Å². The zero-order valence-corrected chi connectivity index (χ0v) is 15.5. The van der Waals surface area contributed by atoms with Gasteiger partial charge in [0.25, 0.3) is 0 Å². The van der Waals surface area contributed by atoms with Gasteiger partial charge in [0.15, 0.2) is 0 Å². The minimum atomic E-state index is -0.289. The molecule has 2 rings (SSSR count). The lowest BCUT2D eigenvalue weighted by Crippen LogP contribution is -2.40. The average Bonchev–Trinajstić information content (AvgIpc) is 2.91. The van der Waals surface area contributed by atoms with Gasteiger partial charge >= 0.3 is 6.03 Å². The second-order valence-corrected chi connectivity index (χ2v) is 7.60. The molecule has 1 heterocycles. The Bertz CT molecular complexity index is 704. The zero-order valence-electron chi connectivity index (χ0n) is 15.5. The molecule has 0 aliphatic heterocycles. The van der Waals surface area contributed by atoms with E-state index < -0.39 is 0 Å². The van der Waals surface area contributed by atoms with Gasteiger partial charge in [-0.3, -0.25) is 0 Å². The van der Waals surface area contributed by atoms with Gasteiger partial charge in [-0.05, 0) is 36.5 Å². The summed E-state index contributed by atoms with van der Waals surface area (Å²) in [5, 5.41) is 6.95. The molecule has 5 nitrogen and oxygen atoms in total. The lowest BCUT2D eigenvalue weighted by molar-refractivity contribution is 0.196. The fourth-order valence-corrected chi connectivity index (χ4v) is 2.63. The number of hydrogen-bond acceptors (Lipinski definition) is 3. The van der Waals surface area contributed by atoms with Crippen molar-refractivity contribution in [2.75, 3.05) is 7.05 Å². The van der Waals surface area contributed by atoms with E-state index in [2.05, 4.69) is 31.2 Å². The molecule has 6 heteroatoms. The van der Waals surface area contributed by atoms with Crippen LogP contribution in [0.1, 0.15) is 50.3 Å². The summed E-state index contributed by atoms with van der Waals surface area (Å²) in [6.07, 6.45) is 0.737. The van der Waals surface area contributed by atoms with Crippen LogP contribution in [-0.2, 0) is 6.54 Å². The first-order valence-corrected chi connectivity index (χ1v) is 8.33. The van der Waals surface area contributed by atoms with E-state index in [0.717, 1.165) is 12.0 Å². The molecular weight excluding hydrogens is 321 g/mol. The third kappa shape index (κ3) is 5.89. The van der Waals surface area contributed by atoms with Crippen LogP contribution in [0.5, 0.6) is 0 Å². The van der Waals surface area contributed by atoms with Gasteiger partial charge in [-0.15, -0.1) is 0 Å². The van der Waals surface area contributed by atoms with Crippen molar-refractivity contribution in [3.63, 3.8) is 0 Å². The molecule has 0 saturated carbocycles. The molecule has 1 N–H and O–H groups in total. The Hall–Kier alpha value is -2.37. The Morgan fingerprint density at radius 1 is 1.32 bits per heavy atom. The molecule has 25 heavy (non-hydrogen) atoms. The topological polar surface area (TPSA) is 58.4 Å². The third-order valence-electron chi connectivity index (χ3n) is 3.81. The molecule has 1 atom stereocenters. The molecule has 136 valence electrons. The standard InChI is InChI=1S/C19H26FN3O2/c1-13-10-16(22-25-13)12-23(5)18(24)21-17(11-19(2,3)4)14-6-8-15(20)9-7-14/h6-10,17H,11-12H2,1-5H3,(H,21,24)/t17-/m0/s1. The first-order valence-electron chi connectivity index (χ1n) is 8.33. The van der Waals surface area contributed by atoms with E-state index >= 15 is 0 Å². The Labute approximate surface area is 148 Å². The summed E-state index contributed by atoms with van der Waals surface area (Å²) >= 11 is 0. The van der Waals surface area contributed by atoms with Crippen LogP contribution in [0.15, 0.2) is 34.9 Å². The summed E-state index contributed by atoms with van der Waals surface area (Å²) in [5.74, 6) is 0.420. The van der Waals surface area contributed by atoms with Gasteiger partial charge in [0.1, 0.15) is 17.3 Å². The lowest BCUT2D eigenvalue weighted by atomic mass is 9.85. The van der Waals surface area contributed by atoms with E-state index in [1.165, 1.54) is 12.1 Å². The van der Waals surface area contributed by atoms with Crippen molar-refractivity contribution in [3.8, 4) is 0 Å². The Kier molecular flexibility index (Phi) is 5.82. The van der Waals surface area contributed by atoms with Crippen molar-refractivity contribution in [3.05, 3.63) is 53.2 Å². The van der Waals surface area contributed by atoms with Gasteiger partial charge in [-0.2, -0.15) is 0 Å². The number of hydrogen-bond donors (Lipinski definition) is 1. The SMILES string of the molecule is Cc1cc(CN(C)C(=O)N[C@@H](CC(C)(C)C)c2ccc(F)cc2)no1. The van der Waals surface area contributed by atoms with Crippen molar-refractivity contribution in [2.45, 2.75) is 46.7 Å². The number of amides is 2. The van der Waals surface area contributed by atoms with Crippen LogP contribution in [0.2, 0.25) is 0 Å². The van der Waals surface area contributed by atoms with Crippen LogP contribution in [-0.4, -0.2) is 23.1 Å². The maximum Gasteiger partial charge on any atom is 0.317 e. The summed E-state index contributed by atoms with van der Waals surface area (Å²) in [7, 11) is 1.71. The second kappa shape index (κ2) is 7.68. The Morgan fingerprint density at radius 2 is 1.96 bits per heavy atom. The van der Waals surface area contributed by atoms with E-state index in [4.69, 9.17) is 4.52 Å². The molecule has 0 unspecified atom stereocenters. The maximum absolute atomic E-state index is 13.2. The summed E-state index contributed by atoms with van der Waals surface area (Å²) < 4.78 is 18.2. The van der Waals surface area contributed by atoms with Crippen LogP contribution >= 0.6 is 0 Å². The minimum absolute atomic E-state index is 0.00807. The molecule has 0 aliphatic carbocycles. The summed E-state index contributed by atoms with van der Waals surface area (Å²) in [6.45, 7) is 8.49. The predicted octanol–water partition coefficient (Wildman–Crippen LogP) is 4.44. The van der Waals surface area contributed by atoms with Gasteiger partial charge in [-0.1, -0.05) is 38.1 Å². The highest BCUT2D eigenvalue weighted by molar-refractivity contribution is 5.74. The van der Waals surface area contributed by atoms with Crippen molar-refractivity contribution >= 4 is 6.03 Å². The fraction of sp³-hybridized carbons (Fsp3) is 0.474. The van der Waals surface area contributed by atoms with Crippen LogP contribution in [0.3, 0.4) is 0 Å². The number of nitrogens with one attached hydrogen (secondary N) is 1. The van der Waals surface area contributed by atoms with Crippen LogP contribution < -0.4 is 5.32 Å². The van der Waals surface area contributed by atoms with E-state index in [-0.39, 0.29) is 23.3 Å². The Morgan fingerprint density at radius 3 is 2.48 bits per heavy atom. The first kappa shape index (κ1) is 19.0. The van der Waals surface area contributed by atoms with E-state index in [9.17, 15) is 9.18 Å². The molecule has 2 aromatic rings. The molecule has 1 aromatic carbocycles. The summed E-state index contributed by atoms with van der Waals surface area (Å²) in [4.78, 5) is 14.1. The molecule has 0 saturated heterocycles. The third-order valence-corrected chi connectivity index (χ3v) is 3.81. The van der Waals surface area contributed by atoms with Gasteiger partial charge in [0.2, 0.25) is 0 Å². The van der Waals surface area contributed by atoms with Crippen LogP contribution in [0.25, 0.3) is 0 Å². The molecule has 1 aromatic heterocycles. The van der Waals surface area contributed by atoms with Gasteiger partial charge in [0.05, 0.1) is 12.6 Å². The number of nitrogens with zero attached hydrogens (tertiary/aromatic N) is 2. The largest absolute Gasteiger partial charge is 0.361 e. The number of benzene rings is 1. The number of urea groups is 1. The van der Waals surface area contributed by atoms with E-state index in [1.54, 1.807) is 30.1 Å². The fourth-order valence-electron chi connectivity index (χ4n) is 2.63. The van der Waals surface area contributed by atoms with Crippen molar-refractivity contribution in [2.24, 2.45) is 5.41 Å². The zero-order chi connectivity index (χ0) is 18.6. The molecule has 0 spiro atoms. The highest BCUT2D eigenvalue weighted by Gasteiger charge is 2.23. The second-order valence-electron chi connectivity index (χ2n) is 7.60. The predicted molar refractivity (Wildman–Crippen MR) is 94.5 cm³/mol. The molecule has 0 radical (unpaired) electrons. The highest BCUT2D eigenvalue weighted by atomic mass is 19.1. The van der Waals surface area contributed by atoms with Gasteiger partial charge in [0, 0.05) is 13.1 Å². The monoisotopic (exact) mass is 347 g/mol. The maximum atomic E-state index is 13.2. The van der Waals surface area contributed by atoms with Crippen molar-refractivity contribution in [1.82, 2.24) is 15.4 Å². The highest BCUT2D eigenvalue weighted by Crippen LogP contribution is 2.29. The molecule has 0 bridgehead atoms. The molecular formula is C19H26FN3O2. The smallest absolute Gasteiger partial charge is 0.317 e. The number of halogens is 1. The van der Waals surface area contributed by atoms with Crippen LogP contribution in [0, 0.1) is 18.2 Å². The number of rotatable bonds is 5. The molecule has 0 fully saturated rings. The normalized spacial score (nSPS) is 12.7. The number of carbonyl (C=O) groups excluding carboxylic acids is 1. The molecule has 0 aliphatic rings. The number of aromatic nitrogens is 1. The van der Waals surface area contributed by atoms with E-state index in [1.807, 2.05) is 6.92 Å². The molecule has 2 amide bonds. The minimum Gasteiger partial charge on any atom is -0.361 e. The summed E-state index contributed by atoms with van der Waals surface area (Å²) in [6, 6.07) is 7.66. The quantitative estimate of drug-likeness (QED) is 0.870. The summed E-state index contributed by atoms with van der Waals surface area (Å²) in [5.41, 5.74) is 1.59. The van der Waals surface area contributed by atoms with E-state index in [0.29, 0.717) is 18.0 Å². The van der Waals surface area contributed by atoms with Gasteiger partial charge < -0.3 is 14.7 Å². The first-order chi connectivity index (χ1) is 11.6. The number of carbonyl (C=O) groups is 1. The van der Waals surface area contributed by atoms with Gasteiger partial charge in [-0.25, -0.2) is 9.18 Å². The van der Waals surface area contributed by atoms with Crippen molar-refractivity contribution < 1.29 is 13.7 Å².